The Labute approximate surface area is 95.5 Å². The van der Waals surface area contributed by atoms with Gasteiger partial charge in [0.25, 0.3) is 0 Å². The molecule has 2 nitrogen and oxygen atoms in total. The van der Waals surface area contributed by atoms with Gasteiger partial charge in [-0.1, -0.05) is 37.6 Å². The van der Waals surface area contributed by atoms with Crippen LogP contribution in [0, 0.1) is 0 Å². The summed E-state index contributed by atoms with van der Waals surface area (Å²) >= 11 is 0. The fraction of sp³-hybridized carbons (Fsp3) is 0.286. The van der Waals surface area contributed by atoms with E-state index >= 15 is 0 Å². The van der Waals surface area contributed by atoms with Crippen LogP contribution in [0.3, 0.4) is 0 Å². The van der Waals surface area contributed by atoms with Gasteiger partial charge in [-0.25, -0.2) is 0 Å². The largest absolute Gasteiger partial charge is 0.504 e. The predicted molar refractivity (Wildman–Crippen MR) is 66.2 cm³/mol. The number of phenols is 1. The van der Waals surface area contributed by atoms with Crippen LogP contribution >= 0.6 is 0 Å². The van der Waals surface area contributed by atoms with Crippen LogP contribution in [-0.2, 0) is 6.42 Å². The van der Waals surface area contributed by atoms with Gasteiger partial charge in [-0.15, -0.1) is 0 Å². The lowest BCUT2D eigenvalue weighted by atomic mass is 10.00. The molecule has 2 rings (SSSR count). The molecule has 0 aliphatic carbocycles. The zero-order valence-corrected chi connectivity index (χ0v) is 9.66. The van der Waals surface area contributed by atoms with Crippen molar-refractivity contribution >= 4 is 10.8 Å². The Kier molecular flexibility index (Phi) is 3.00. The number of hydrogen-bond acceptors (Lipinski definition) is 2. The van der Waals surface area contributed by atoms with Gasteiger partial charge in [0, 0.05) is 5.39 Å². The van der Waals surface area contributed by atoms with Crippen LogP contribution in [0.4, 0.5) is 0 Å². The summed E-state index contributed by atoms with van der Waals surface area (Å²) in [5, 5.41) is 12.1. The standard InChI is InChI=1S/C14H16O2/c1-3-5-10-6-4-7-11-8-9-12(16-2)14(15)13(10)11/h4,6-9,15H,3,5H2,1-2H3. The van der Waals surface area contributed by atoms with Crippen LogP contribution in [0.1, 0.15) is 18.9 Å². The molecule has 0 fully saturated rings. The molecule has 0 saturated heterocycles. The highest BCUT2D eigenvalue weighted by Crippen LogP contribution is 2.36. The molecule has 0 heterocycles. The number of ether oxygens (including phenoxy) is 1. The first kappa shape index (κ1) is 10.8. The third-order valence-corrected chi connectivity index (χ3v) is 2.81. The molecule has 0 bridgehead atoms. The van der Waals surface area contributed by atoms with Gasteiger partial charge in [-0.05, 0) is 23.4 Å². The van der Waals surface area contributed by atoms with Crippen LogP contribution in [0.25, 0.3) is 10.8 Å². The summed E-state index contributed by atoms with van der Waals surface area (Å²) in [7, 11) is 1.57. The topological polar surface area (TPSA) is 29.5 Å². The smallest absolute Gasteiger partial charge is 0.165 e. The molecule has 0 aromatic heterocycles. The molecule has 16 heavy (non-hydrogen) atoms. The van der Waals surface area contributed by atoms with E-state index in [0.29, 0.717) is 5.75 Å². The van der Waals surface area contributed by atoms with Crippen molar-refractivity contribution in [3.63, 3.8) is 0 Å². The number of benzene rings is 2. The Morgan fingerprint density at radius 3 is 2.69 bits per heavy atom. The number of aryl methyl sites for hydroxylation is 1. The zero-order valence-electron chi connectivity index (χ0n) is 9.66. The van der Waals surface area contributed by atoms with Gasteiger partial charge in [0.1, 0.15) is 0 Å². The lowest BCUT2D eigenvalue weighted by molar-refractivity contribution is 0.376. The maximum Gasteiger partial charge on any atom is 0.165 e. The Morgan fingerprint density at radius 2 is 2.00 bits per heavy atom. The molecule has 2 aromatic rings. The summed E-state index contributed by atoms with van der Waals surface area (Å²) in [6.45, 7) is 2.13. The number of hydrogen-bond donors (Lipinski definition) is 1. The van der Waals surface area contributed by atoms with Crippen LogP contribution in [0.2, 0.25) is 0 Å². The Hall–Kier alpha value is -1.70. The average molecular weight is 216 g/mol. The van der Waals surface area contributed by atoms with E-state index in [-0.39, 0.29) is 5.75 Å². The first-order chi connectivity index (χ1) is 7.77. The van der Waals surface area contributed by atoms with Crippen LogP contribution in [-0.4, -0.2) is 12.2 Å². The monoisotopic (exact) mass is 216 g/mol. The van der Waals surface area contributed by atoms with E-state index in [2.05, 4.69) is 13.0 Å². The molecule has 0 amide bonds. The molecular formula is C14H16O2. The van der Waals surface area contributed by atoms with Crippen molar-refractivity contribution in [2.75, 3.05) is 7.11 Å². The fourth-order valence-corrected chi connectivity index (χ4v) is 2.06. The highest BCUT2D eigenvalue weighted by atomic mass is 16.5. The van der Waals surface area contributed by atoms with Crippen LogP contribution < -0.4 is 4.74 Å². The van der Waals surface area contributed by atoms with Crippen molar-refractivity contribution in [2.45, 2.75) is 19.8 Å². The second-order valence-electron chi connectivity index (χ2n) is 3.88. The van der Waals surface area contributed by atoms with E-state index in [0.717, 1.165) is 23.6 Å². The third kappa shape index (κ3) is 1.71. The van der Waals surface area contributed by atoms with Gasteiger partial charge in [-0.3, -0.25) is 0 Å². The molecule has 0 radical (unpaired) electrons. The van der Waals surface area contributed by atoms with Crippen molar-refractivity contribution in [2.24, 2.45) is 0 Å². The van der Waals surface area contributed by atoms with Gasteiger partial charge in [0.15, 0.2) is 11.5 Å². The van der Waals surface area contributed by atoms with E-state index in [1.54, 1.807) is 13.2 Å². The summed E-state index contributed by atoms with van der Waals surface area (Å²) < 4.78 is 5.14. The van der Waals surface area contributed by atoms with Crippen LogP contribution in [0.15, 0.2) is 30.3 Å². The predicted octanol–water partition coefficient (Wildman–Crippen LogP) is 3.51. The zero-order chi connectivity index (χ0) is 11.5. The van der Waals surface area contributed by atoms with Gasteiger partial charge in [0.2, 0.25) is 0 Å². The Balaban J connectivity index is 2.72. The van der Waals surface area contributed by atoms with Gasteiger partial charge in [0.05, 0.1) is 7.11 Å². The first-order valence-corrected chi connectivity index (χ1v) is 5.55. The molecule has 1 N–H and O–H groups in total. The molecule has 2 aromatic carbocycles. The van der Waals surface area contributed by atoms with Crippen molar-refractivity contribution in [1.29, 1.82) is 0 Å². The number of methoxy groups -OCH3 is 1. The summed E-state index contributed by atoms with van der Waals surface area (Å²) in [6, 6.07) is 9.87. The fourth-order valence-electron chi connectivity index (χ4n) is 2.06. The highest BCUT2D eigenvalue weighted by Gasteiger charge is 2.09. The Morgan fingerprint density at radius 1 is 1.19 bits per heavy atom. The number of rotatable bonds is 3. The maximum atomic E-state index is 10.1. The minimum absolute atomic E-state index is 0.254. The molecule has 84 valence electrons. The molecule has 0 aliphatic rings. The molecule has 0 saturated carbocycles. The van der Waals surface area contributed by atoms with Gasteiger partial charge in [-0.2, -0.15) is 0 Å². The van der Waals surface area contributed by atoms with Crippen molar-refractivity contribution in [3.8, 4) is 11.5 Å². The lowest BCUT2D eigenvalue weighted by Crippen LogP contribution is -1.89. The minimum Gasteiger partial charge on any atom is -0.504 e. The molecule has 2 heteroatoms. The summed E-state index contributed by atoms with van der Waals surface area (Å²) in [5.74, 6) is 0.792. The van der Waals surface area contributed by atoms with Gasteiger partial charge >= 0.3 is 0 Å². The SMILES string of the molecule is CCCc1cccc2ccc(OC)c(O)c12. The lowest BCUT2D eigenvalue weighted by Gasteiger charge is -2.10. The van der Waals surface area contributed by atoms with Crippen molar-refractivity contribution in [1.82, 2.24) is 0 Å². The molecule has 0 spiro atoms. The normalized spacial score (nSPS) is 10.6. The summed E-state index contributed by atoms with van der Waals surface area (Å²) in [4.78, 5) is 0. The quantitative estimate of drug-likeness (QED) is 0.850. The van der Waals surface area contributed by atoms with E-state index in [4.69, 9.17) is 4.74 Å². The first-order valence-electron chi connectivity index (χ1n) is 5.55. The number of phenolic OH excluding ortho intramolecular Hbond substituents is 1. The third-order valence-electron chi connectivity index (χ3n) is 2.81. The number of fused-ring (bicyclic) bond motifs is 1. The second kappa shape index (κ2) is 4.44. The minimum atomic E-state index is 0.254. The summed E-state index contributed by atoms with van der Waals surface area (Å²) in [5.41, 5.74) is 1.18. The molecule has 0 unspecified atom stereocenters. The molecule has 0 aliphatic heterocycles. The van der Waals surface area contributed by atoms with Gasteiger partial charge < -0.3 is 9.84 Å². The van der Waals surface area contributed by atoms with E-state index < -0.39 is 0 Å². The summed E-state index contributed by atoms with van der Waals surface area (Å²) in [6.07, 6.45) is 2.04. The van der Waals surface area contributed by atoms with Crippen molar-refractivity contribution < 1.29 is 9.84 Å². The Bertz CT molecular complexity index is 503. The average Bonchev–Trinajstić information content (AvgIpc) is 2.30. The van der Waals surface area contributed by atoms with Crippen LogP contribution in [0.5, 0.6) is 11.5 Å². The number of aromatic hydroxyl groups is 1. The van der Waals surface area contributed by atoms with Crippen molar-refractivity contribution in [3.05, 3.63) is 35.9 Å². The van der Waals surface area contributed by atoms with E-state index in [9.17, 15) is 5.11 Å². The second-order valence-corrected chi connectivity index (χ2v) is 3.88. The molecule has 0 atom stereocenters. The molecular weight excluding hydrogens is 200 g/mol. The van der Waals surface area contributed by atoms with E-state index in [1.807, 2.05) is 18.2 Å². The van der Waals surface area contributed by atoms with E-state index in [1.165, 1.54) is 5.56 Å². The maximum absolute atomic E-state index is 10.1. The highest BCUT2D eigenvalue weighted by molar-refractivity contribution is 5.93.